The van der Waals surface area contributed by atoms with Gasteiger partial charge in [-0.25, -0.2) is 9.78 Å². The maximum Gasteiger partial charge on any atom is 0.321 e. The zero-order chi connectivity index (χ0) is 20.1. The molecule has 0 spiro atoms. The molecule has 2 amide bonds. The molecule has 146 valence electrons. The van der Waals surface area contributed by atoms with E-state index in [0.717, 1.165) is 18.5 Å². The smallest absolute Gasteiger partial charge is 0.321 e. The van der Waals surface area contributed by atoms with E-state index in [-0.39, 0.29) is 6.03 Å². The minimum atomic E-state index is -0.0881. The summed E-state index contributed by atoms with van der Waals surface area (Å²) in [5, 5.41) is 11.8. The van der Waals surface area contributed by atoms with Gasteiger partial charge in [0.1, 0.15) is 11.5 Å². The first-order valence-electron chi connectivity index (χ1n) is 9.53. The average Bonchev–Trinajstić information content (AvgIpc) is 3.31. The second-order valence-corrected chi connectivity index (χ2v) is 6.92. The molecule has 29 heavy (non-hydrogen) atoms. The zero-order valence-corrected chi connectivity index (χ0v) is 15.9. The SMILES string of the molecule is N#Cc1ccc(Oc2ccc(NC(=O)N3CCC(n4ccnc4)CC3)cc2)cc1. The predicted molar refractivity (Wildman–Crippen MR) is 109 cm³/mol. The number of carbonyl (C=O) groups is 1. The van der Waals surface area contributed by atoms with Crippen molar-refractivity contribution in [2.75, 3.05) is 18.4 Å². The van der Waals surface area contributed by atoms with Gasteiger partial charge in [-0.15, -0.1) is 0 Å². The lowest BCUT2D eigenvalue weighted by Gasteiger charge is -2.32. The Labute approximate surface area is 169 Å². The molecular formula is C22H21N5O2. The van der Waals surface area contributed by atoms with E-state index in [9.17, 15) is 4.79 Å². The fourth-order valence-electron chi connectivity index (χ4n) is 3.39. The van der Waals surface area contributed by atoms with E-state index < -0.39 is 0 Å². The average molecular weight is 387 g/mol. The van der Waals surface area contributed by atoms with Gasteiger partial charge in [-0.3, -0.25) is 0 Å². The van der Waals surface area contributed by atoms with Crippen LogP contribution in [0.15, 0.2) is 67.3 Å². The number of hydrogen-bond acceptors (Lipinski definition) is 4. The number of likely N-dealkylation sites (tertiary alicyclic amines) is 1. The Morgan fingerprint density at radius 1 is 1.07 bits per heavy atom. The molecule has 1 aromatic heterocycles. The molecule has 1 N–H and O–H groups in total. The highest BCUT2D eigenvalue weighted by Gasteiger charge is 2.23. The van der Waals surface area contributed by atoms with Gasteiger partial charge in [-0.05, 0) is 61.4 Å². The highest BCUT2D eigenvalue weighted by Crippen LogP contribution is 2.25. The van der Waals surface area contributed by atoms with E-state index in [4.69, 9.17) is 10.00 Å². The van der Waals surface area contributed by atoms with Crippen molar-refractivity contribution in [3.05, 3.63) is 72.8 Å². The van der Waals surface area contributed by atoms with Crippen molar-refractivity contribution in [1.82, 2.24) is 14.5 Å². The Bertz CT molecular complexity index is 983. The van der Waals surface area contributed by atoms with E-state index in [0.29, 0.717) is 36.2 Å². The molecule has 1 aliphatic rings. The highest BCUT2D eigenvalue weighted by atomic mass is 16.5. The summed E-state index contributed by atoms with van der Waals surface area (Å²) in [5.41, 5.74) is 1.31. The van der Waals surface area contributed by atoms with E-state index in [1.54, 1.807) is 42.6 Å². The van der Waals surface area contributed by atoms with Crippen LogP contribution in [0.3, 0.4) is 0 Å². The number of imidazole rings is 1. The fourth-order valence-corrected chi connectivity index (χ4v) is 3.39. The van der Waals surface area contributed by atoms with Crippen molar-refractivity contribution in [2.45, 2.75) is 18.9 Å². The Balaban J connectivity index is 1.29. The number of ether oxygens (including phenoxy) is 1. The summed E-state index contributed by atoms with van der Waals surface area (Å²) in [5.74, 6) is 1.32. The minimum absolute atomic E-state index is 0.0881. The summed E-state index contributed by atoms with van der Waals surface area (Å²) in [7, 11) is 0. The monoisotopic (exact) mass is 387 g/mol. The first kappa shape index (κ1) is 18.6. The number of nitrogens with one attached hydrogen (secondary N) is 1. The lowest BCUT2D eigenvalue weighted by atomic mass is 10.1. The molecule has 1 aliphatic heterocycles. The van der Waals surface area contributed by atoms with Gasteiger partial charge in [0.25, 0.3) is 0 Å². The third-order valence-corrected chi connectivity index (χ3v) is 5.02. The van der Waals surface area contributed by atoms with E-state index in [2.05, 4.69) is 20.9 Å². The maximum atomic E-state index is 12.5. The summed E-state index contributed by atoms with van der Waals surface area (Å²) in [6, 6.07) is 16.5. The lowest BCUT2D eigenvalue weighted by Crippen LogP contribution is -2.41. The Morgan fingerprint density at radius 3 is 2.31 bits per heavy atom. The van der Waals surface area contributed by atoms with Gasteiger partial charge in [0.2, 0.25) is 0 Å². The van der Waals surface area contributed by atoms with Crippen molar-refractivity contribution in [2.24, 2.45) is 0 Å². The summed E-state index contributed by atoms with van der Waals surface area (Å²) >= 11 is 0. The molecule has 0 atom stereocenters. The second-order valence-electron chi connectivity index (χ2n) is 6.92. The van der Waals surface area contributed by atoms with E-state index in [1.807, 2.05) is 29.6 Å². The number of rotatable bonds is 4. The number of hydrogen-bond donors (Lipinski definition) is 1. The highest BCUT2D eigenvalue weighted by molar-refractivity contribution is 5.89. The number of nitrogens with zero attached hydrogens (tertiary/aromatic N) is 4. The topological polar surface area (TPSA) is 83.2 Å². The van der Waals surface area contributed by atoms with Crippen molar-refractivity contribution < 1.29 is 9.53 Å². The molecule has 0 unspecified atom stereocenters. The van der Waals surface area contributed by atoms with E-state index >= 15 is 0 Å². The Kier molecular flexibility index (Phi) is 5.43. The normalized spacial score (nSPS) is 14.2. The van der Waals surface area contributed by atoms with Crippen LogP contribution < -0.4 is 10.1 Å². The van der Waals surface area contributed by atoms with Gasteiger partial charge >= 0.3 is 6.03 Å². The van der Waals surface area contributed by atoms with Crippen LogP contribution in [0.25, 0.3) is 0 Å². The molecule has 1 fully saturated rings. The molecule has 7 nitrogen and oxygen atoms in total. The summed E-state index contributed by atoms with van der Waals surface area (Å²) in [6.07, 6.45) is 7.43. The standard InChI is InChI=1S/C22H21N5O2/c23-15-17-1-5-20(6-2-17)29-21-7-3-18(4-8-21)25-22(28)26-12-9-19(10-13-26)27-14-11-24-16-27/h1-8,11,14,16,19H,9-10,12-13H2,(H,25,28). The molecule has 0 radical (unpaired) electrons. The van der Waals surface area contributed by atoms with Gasteiger partial charge in [-0.2, -0.15) is 5.26 Å². The Morgan fingerprint density at radius 2 is 1.72 bits per heavy atom. The fraction of sp³-hybridized carbons (Fsp3) is 0.227. The van der Waals surface area contributed by atoms with Crippen LogP contribution >= 0.6 is 0 Å². The molecule has 0 saturated carbocycles. The molecular weight excluding hydrogens is 366 g/mol. The maximum absolute atomic E-state index is 12.5. The first-order valence-corrected chi connectivity index (χ1v) is 9.53. The van der Waals surface area contributed by atoms with Crippen LogP contribution in [0.2, 0.25) is 0 Å². The first-order chi connectivity index (χ1) is 14.2. The quantitative estimate of drug-likeness (QED) is 0.718. The summed E-state index contributed by atoms with van der Waals surface area (Å²) in [6.45, 7) is 1.43. The number of urea groups is 1. The van der Waals surface area contributed by atoms with Gasteiger partial charge in [0.05, 0.1) is 18.0 Å². The third kappa shape index (κ3) is 4.55. The van der Waals surface area contributed by atoms with Crippen LogP contribution in [-0.4, -0.2) is 33.6 Å². The van der Waals surface area contributed by atoms with Crippen molar-refractivity contribution in [1.29, 1.82) is 5.26 Å². The molecule has 2 heterocycles. The number of benzene rings is 2. The van der Waals surface area contributed by atoms with Crippen LogP contribution in [0.5, 0.6) is 11.5 Å². The zero-order valence-electron chi connectivity index (χ0n) is 15.9. The van der Waals surface area contributed by atoms with Gasteiger partial charge in [-0.1, -0.05) is 0 Å². The molecule has 2 aromatic carbocycles. The van der Waals surface area contributed by atoms with Crippen LogP contribution in [0, 0.1) is 11.3 Å². The van der Waals surface area contributed by atoms with Crippen LogP contribution in [0.1, 0.15) is 24.4 Å². The lowest BCUT2D eigenvalue weighted by molar-refractivity contribution is 0.183. The van der Waals surface area contributed by atoms with Crippen molar-refractivity contribution >= 4 is 11.7 Å². The molecule has 0 bridgehead atoms. The van der Waals surface area contributed by atoms with Crippen LogP contribution in [-0.2, 0) is 0 Å². The van der Waals surface area contributed by atoms with Crippen LogP contribution in [0.4, 0.5) is 10.5 Å². The number of carbonyl (C=O) groups excluding carboxylic acids is 1. The Hall–Kier alpha value is -3.79. The summed E-state index contributed by atoms with van der Waals surface area (Å²) < 4.78 is 7.87. The van der Waals surface area contributed by atoms with E-state index in [1.165, 1.54) is 0 Å². The number of nitriles is 1. The predicted octanol–water partition coefficient (Wildman–Crippen LogP) is 4.42. The third-order valence-electron chi connectivity index (χ3n) is 5.02. The number of piperidine rings is 1. The number of amides is 2. The minimum Gasteiger partial charge on any atom is -0.457 e. The molecule has 4 rings (SSSR count). The number of aromatic nitrogens is 2. The second kappa shape index (κ2) is 8.48. The van der Waals surface area contributed by atoms with Gasteiger partial charge in [0, 0.05) is 37.2 Å². The molecule has 0 aliphatic carbocycles. The summed E-state index contributed by atoms with van der Waals surface area (Å²) in [4.78, 5) is 18.5. The number of anilines is 1. The molecule has 1 saturated heterocycles. The molecule has 3 aromatic rings. The van der Waals surface area contributed by atoms with Gasteiger partial charge in [0.15, 0.2) is 0 Å². The van der Waals surface area contributed by atoms with Crippen molar-refractivity contribution in [3.8, 4) is 17.6 Å². The largest absolute Gasteiger partial charge is 0.457 e. The van der Waals surface area contributed by atoms with Gasteiger partial charge < -0.3 is 19.5 Å². The van der Waals surface area contributed by atoms with Crippen molar-refractivity contribution in [3.63, 3.8) is 0 Å². The molecule has 7 heteroatoms.